The molecule has 0 saturated heterocycles. The first-order valence-corrected chi connectivity index (χ1v) is 6.80. The topological polar surface area (TPSA) is 51.0 Å². The van der Waals surface area contributed by atoms with E-state index >= 15 is 0 Å². The van der Waals surface area contributed by atoms with Gasteiger partial charge in [0.1, 0.15) is 0 Å². The van der Waals surface area contributed by atoms with E-state index in [-0.39, 0.29) is 0 Å². The first kappa shape index (κ1) is 13.7. The maximum atomic E-state index is 5.21. The lowest BCUT2D eigenvalue weighted by atomic mass is 10.1. The van der Waals surface area contributed by atoms with Crippen LogP contribution in [0.5, 0.6) is 0 Å². The second-order valence-electron chi connectivity index (χ2n) is 5.11. The Bertz CT molecular complexity index is 479. The minimum Gasteiger partial charge on any atom is -0.338 e. The zero-order chi connectivity index (χ0) is 13.5. The van der Waals surface area contributed by atoms with E-state index in [1.807, 2.05) is 18.2 Å². The van der Waals surface area contributed by atoms with Crippen molar-refractivity contribution in [2.24, 2.45) is 5.92 Å². The highest BCUT2D eigenvalue weighted by Crippen LogP contribution is 2.05. The van der Waals surface area contributed by atoms with Crippen molar-refractivity contribution in [2.75, 3.05) is 6.54 Å². The van der Waals surface area contributed by atoms with Gasteiger partial charge < -0.3 is 9.84 Å². The predicted molar refractivity (Wildman–Crippen MR) is 74.7 cm³/mol. The lowest BCUT2D eigenvalue weighted by molar-refractivity contribution is 0.359. The molecule has 1 N–H and O–H groups in total. The zero-order valence-electron chi connectivity index (χ0n) is 11.6. The Labute approximate surface area is 114 Å². The van der Waals surface area contributed by atoms with Gasteiger partial charge in [0.05, 0.1) is 6.54 Å². The van der Waals surface area contributed by atoms with Crippen LogP contribution in [0.1, 0.15) is 31.1 Å². The van der Waals surface area contributed by atoms with Gasteiger partial charge in [-0.2, -0.15) is 4.98 Å². The Hall–Kier alpha value is -1.68. The van der Waals surface area contributed by atoms with Crippen LogP contribution in [-0.2, 0) is 19.4 Å². The molecule has 0 amide bonds. The van der Waals surface area contributed by atoms with E-state index in [9.17, 15) is 0 Å². The highest BCUT2D eigenvalue weighted by atomic mass is 16.5. The second-order valence-corrected chi connectivity index (χ2v) is 5.11. The van der Waals surface area contributed by atoms with Crippen molar-refractivity contribution in [3.8, 4) is 0 Å². The van der Waals surface area contributed by atoms with Crippen molar-refractivity contribution in [3.63, 3.8) is 0 Å². The number of aromatic nitrogens is 2. The van der Waals surface area contributed by atoms with E-state index in [1.54, 1.807) is 0 Å². The molecule has 19 heavy (non-hydrogen) atoms. The van der Waals surface area contributed by atoms with Gasteiger partial charge in [0, 0.05) is 6.42 Å². The molecule has 0 aliphatic carbocycles. The molecule has 2 rings (SSSR count). The summed E-state index contributed by atoms with van der Waals surface area (Å²) in [6.07, 6.45) is 1.76. The van der Waals surface area contributed by atoms with Crippen molar-refractivity contribution in [3.05, 3.63) is 47.6 Å². The molecule has 0 bridgehead atoms. The number of hydrogen-bond acceptors (Lipinski definition) is 4. The standard InChI is InChI=1S/C15H21N3O/c1-12(2)10-16-11-15-17-14(18-19-15)9-8-13-6-4-3-5-7-13/h3-7,12,16H,8-11H2,1-2H3. The van der Waals surface area contributed by atoms with Gasteiger partial charge in [-0.25, -0.2) is 0 Å². The van der Waals surface area contributed by atoms with Crippen LogP contribution in [0.2, 0.25) is 0 Å². The van der Waals surface area contributed by atoms with E-state index in [1.165, 1.54) is 5.56 Å². The van der Waals surface area contributed by atoms with Gasteiger partial charge in [0.2, 0.25) is 5.89 Å². The van der Waals surface area contributed by atoms with Crippen LogP contribution >= 0.6 is 0 Å². The van der Waals surface area contributed by atoms with E-state index in [2.05, 4.69) is 41.4 Å². The second kappa shape index (κ2) is 7.04. The fourth-order valence-electron chi connectivity index (χ4n) is 1.83. The average Bonchev–Trinajstić information content (AvgIpc) is 2.85. The van der Waals surface area contributed by atoms with Gasteiger partial charge in [-0.15, -0.1) is 0 Å². The van der Waals surface area contributed by atoms with Gasteiger partial charge in [-0.1, -0.05) is 49.3 Å². The molecule has 2 aromatic rings. The lowest BCUT2D eigenvalue weighted by Gasteiger charge is -2.03. The van der Waals surface area contributed by atoms with Crippen molar-refractivity contribution >= 4 is 0 Å². The SMILES string of the molecule is CC(C)CNCc1nc(CCc2ccccc2)no1. The summed E-state index contributed by atoms with van der Waals surface area (Å²) >= 11 is 0. The van der Waals surface area contributed by atoms with E-state index < -0.39 is 0 Å². The normalized spacial score (nSPS) is 11.1. The average molecular weight is 259 g/mol. The Morgan fingerprint density at radius 3 is 2.68 bits per heavy atom. The largest absolute Gasteiger partial charge is 0.338 e. The monoisotopic (exact) mass is 259 g/mol. The van der Waals surface area contributed by atoms with Crippen molar-refractivity contribution < 1.29 is 4.52 Å². The first-order valence-electron chi connectivity index (χ1n) is 6.80. The van der Waals surface area contributed by atoms with Gasteiger partial charge in [-0.3, -0.25) is 0 Å². The first-order chi connectivity index (χ1) is 9.24. The summed E-state index contributed by atoms with van der Waals surface area (Å²) in [7, 11) is 0. The van der Waals surface area contributed by atoms with Crippen LogP contribution in [0.15, 0.2) is 34.9 Å². The van der Waals surface area contributed by atoms with Gasteiger partial charge in [0.25, 0.3) is 0 Å². The summed E-state index contributed by atoms with van der Waals surface area (Å²) in [5.74, 6) is 2.08. The molecular weight excluding hydrogens is 238 g/mol. The molecule has 102 valence electrons. The number of benzene rings is 1. The summed E-state index contributed by atoms with van der Waals surface area (Å²) in [5, 5.41) is 7.29. The third kappa shape index (κ3) is 4.83. The maximum absolute atomic E-state index is 5.21. The van der Waals surface area contributed by atoms with Gasteiger partial charge in [0.15, 0.2) is 5.82 Å². The minimum atomic E-state index is 0.625. The molecule has 0 unspecified atom stereocenters. The van der Waals surface area contributed by atoms with Crippen molar-refractivity contribution in [1.29, 1.82) is 0 Å². The van der Waals surface area contributed by atoms with Crippen LogP contribution < -0.4 is 5.32 Å². The number of aryl methyl sites for hydroxylation is 2. The summed E-state index contributed by atoms with van der Waals surface area (Å²) in [6.45, 7) is 5.95. The highest BCUT2D eigenvalue weighted by molar-refractivity contribution is 5.15. The van der Waals surface area contributed by atoms with Crippen LogP contribution in [0.4, 0.5) is 0 Å². The molecule has 1 heterocycles. The van der Waals surface area contributed by atoms with Crippen LogP contribution in [0, 0.1) is 5.92 Å². The fourth-order valence-corrected chi connectivity index (χ4v) is 1.83. The molecule has 0 aliphatic heterocycles. The van der Waals surface area contributed by atoms with Crippen molar-refractivity contribution in [1.82, 2.24) is 15.5 Å². The predicted octanol–water partition coefficient (Wildman–Crippen LogP) is 2.60. The lowest BCUT2D eigenvalue weighted by Crippen LogP contribution is -2.19. The molecule has 0 saturated carbocycles. The molecule has 1 aromatic carbocycles. The Morgan fingerprint density at radius 1 is 1.16 bits per heavy atom. The number of nitrogens with zero attached hydrogens (tertiary/aromatic N) is 2. The van der Waals surface area contributed by atoms with E-state index in [4.69, 9.17) is 4.52 Å². The molecule has 0 atom stereocenters. The smallest absolute Gasteiger partial charge is 0.240 e. The molecule has 0 aliphatic rings. The molecule has 1 aromatic heterocycles. The van der Waals surface area contributed by atoms with Crippen LogP contribution in [0.25, 0.3) is 0 Å². The molecule has 4 heteroatoms. The Morgan fingerprint density at radius 2 is 1.95 bits per heavy atom. The summed E-state index contributed by atoms with van der Waals surface area (Å²) in [4.78, 5) is 4.38. The quantitative estimate of drug-likeness (QED) is 0.830. The number of rotatable bonds is 7. The third-order valence-electron chi connectivity index (χ3n) is 2.82. The Balaban J connectivity index is 1.77. The van der Waals surface area contributed by atoms with E-state index in [0.717, 1.165) is 25.2 Å². The molecule has 4 nitrogen and oxygen atoms in total. The third-order valence-corrected chi connectivity index (χ3v) is 2.82. The van der Waals surface area contributed by atoms with Gasteiger partial charge in [-0.05, 0) is 24.4 Å². The van der Waals surface area contributed by atoms with Gasteiger partial charge >= 0.3 is 0 Å². The maximum Gasteiger partial charge on any atom is 0.240 e. The number of hydrogen-bond donors (Lipinski definition) is 1. The molecule has 0 spiro atoms. The fraction of sp³-hybridized carbons (Fsp3) is 0.467. The zero-order valence-corrected chi connectivity index (χ0v) is 11.6. The summed E-state index contributed by atoms with van der Waals surface area (Å²) < 4.78 is 5.21. The summed E-state index contributed by atoms with van der Waals surface area (Å²) in [6, 6.07) is 10.4. The van der Waals surface area contributed by atoms with E-state index in [0.29, 0.717) is 18.4 Å². The molecule has 0 fully saturated rings. The molecule has 0 radical (unpaired) electrons. The highest BCUT2D eigenvalue weighted by Gasteiger charge is 2.06. The molecular formula is C15H21N3O. The minimum absolute atomic E-state index is 0.625. The van der Waals surface area contributed by atoms with Crippen molar-refractivity contribution in [2.45, 2.75) is 33.2 Å². The number of nitrogens with one attached hydrogen (secondary N) is 1. The Kier molecular flexibility index (Phi) is 5.10. The van der Waals surface area contributed by atoms with Crippen LogP contribution in [-0.4, -0.2) is 16.7 Å². The van der Waals surface area contributed by atoms with Crippen LogP contribution in [0.3, 0.4) is 0 Å². The summed E-state index contributed by atoms with van der Waals surface area (Å²) in [5.41, 5.74) is 1.30.